The molecule has 2 N–H and O–H groups in total. The molecular formula is C13H16Cl2N2O3. The first kappa shape index (κ1) is 16.6. The van der Waals surface area contributed by atoms with Crippen LogP contribution in [0.5, 0.6) is 0 Å². The monoisotopic (exact) mass is 318 g/mol. The number of esters is 1. The highest BCUT2D eigenvalue weighted by atomic mass is 35.5. The maximum absolute atomic E-state index is 12.2. The first-order valence-corrected chi connectivity index (χ1v) is 6.78. The first-order valence-electron chi connectivity index (χ1n) is 6.02. The average Bonchev–Trinajstić information content (AvgIpc) is 2.39. The van der Waals surface area contributed by atoms with Gasteiger partial charge < -0.3 is 15.4 Å². The van der Waals surface area contributed by atoms with Crippen LogP contribution in [0.25, 0.3) is 0 Å². The van der Waals surface area contributed by atoms with Crippen molar-refractivity contribution in [2.45, 2.75) is 13.3 Å². The molecule has 0 aliphatic rings. The highest BCUT2D eigenvalue weighted by Crippen LogP contribution is 2.29. The Bertz CT molecular complexity index is 521. The largest absolute Gasteiger partial charge is 0.466 e. The number of nitrogen functional groups attached to an aromatic ring is 1. The van der Waals surface area contributed by atoms with Gasteiger partial charge in [0.15, 0.2) is 0 Å². The summed E-state index contributed by atoms with van der Waals surface area (Å²) in [6, 6.07) is 2.93. The molecule has 5 nitrogen and oxygen atoms in total. The summed E-state index contributed by atoms with van der Waals surface area (Å²) in [5, 5.41) is 0.364. The van der Waals surface area contributed by atoms with E-state index in [2.05, 4.69) is 0 Å². The molecule has 7 heteroatoms. The van der Waals surface area contributed by atoms with Gasteiger partial charge in [-0.15, -0.1) is 0 Å². The Morgan fingerprint density at radius 3 is 2.60 bits per heavy atom. The first-order chi connectivity index (χ1) is 9.36. The van der Waals surface area contributed by atoms with Gasteiger partial charge in [-0.05, 0) is 19.1 Å². The van der Waals surface area contributed by atoms with Gasteiger partial charge in [0.2, 0.25) is 0 Å². The second-order valence-corrected chi connectivity index (χ2v) is 4.93. The molecule has 0 aliphatic heterocycles. The normalized spacial score (nSPS) is 10.2. The fourth-order valence-electron chi connectivity index (χ4n) is 1.56. The summed E-state index contributed by atoms with van der Waals surface area (Å²) in [5.41, 5.74) is 6.20. The quantitative estimate of drug-likeness (QED) is 0.669. The Morgan fingerprint density at radius 1 is 1.35 bits per heavy atom. The Morgan fingerprint density at radius 2 is 2.00 bits per heavy atom. The summed E-state index contributed by atoms with van der Waals surface area (Å²) in [6.45, 7) is 2.26. The van der Waals surface area contributed by atoms with Gasteiger partial charge in [0.05, 0.1) is 28.6 Å². The van der Waals surface area contributed by atoms with Crippen molar-refractivity contribution in [3.05, 3.63) is 27.7 Å². The Kier molecular flexibility index (Phi) is 6.10. The van der Waals surface area contributed by atoms with E-state index in [0.29, 0.717) is 12.3 Å². The van der Waals surface area contributed by atoms with Gasteiger partial charge in [-0.1, -0.05) is 23.2 Å². The van der Waals surface area contributed by atoms with Crippen LogP contribution in [-0.4, -0.2) is 37.0 Å². The van der Waals surface area contributed by atoms with Crippen LogP contribution in [0.1, 0.15) is 23.7 Å². The molecule has 20 heavy (non-hydrogen) atoms. The zero-order valence-electron chi connectivity index (χ0n) is 11.3. The molecule has 0 radical (unpaired) electrons. The lowest BCUT2D eigenvalue weighted by Crippen LogP contribution is -2.29. The number of halogens is 2. The molecule has 0 aliphatic carbocycles. The van der Waals surface area contributed by atoms with Gasteiger partial charge in [-0.2, -0.15) is 0 Å². The van der Waals surface area contributed by atoms with Crippen molar-refractivity contribution in [2.24, 2.45) is 0 Å². The van der Waals surface area contributed by atoms with Crippen LogP contribution in [0.15, 0.2) is 12.1 Å². The molecule has 1 aromatic carbocycles. The molecule has 0 saturated heterocycles. The van der Waals surface area contributed by atoms with Crippen LogP contribution in [0.4, 0.5) is 5.69 Å². The molecule has 0 aromatic heterocycles. The van der Waals surface area contributed by atoms with Crippen LogP contribution in [0.2, 0.25) is 10.0 Å². The molecule has 1 amide bonds. The lowest BCUT2D eigenvalue weighted by molar-refractivity contribution is -0.143. The third-order valence-corrected chi connectivity index (χ3v) is 3.39. The number of anilines is 1. The Balaban J connectivity index is 2.77. The number of nitrogens with zero attached hydrogens (tertiary/aromatic N) is 1. The standard InChI is InChI=1S/C13H16Cl2N2O3/c1-3-20-11(18)4-5-17(2)13(19)9-6-8(16)7-10(14)12(9)15/h6-7H,3-5,16H2,1-2H3. The summed E-state index contributed by atoms with van der Waals surface area (Å²) < 4.78 is 4.80. The fourth-order valence-corrected chi connectivity index (χ4v) is 1.98. The number of hydrogen-bond donors (Lipinski definition) is 1. The van der Waals surface area contributed by atoms with E-state index < -0.39 is 0 Å². The summed E-state index contributed by atoms with van der Waals surface area (Å²) in [6.07, 6.45) is 0.115. The Hall–Kier alpha value is -1.46. The minimum atomic E-state index is -0.358. The van der Waals surface area contributed by atoms with Gasteiger partial charge in [-0.25, -0.2) is 0 Å². The molecule has 1 aromatic rings. The van der Waals surface area contributed by atoms with Crippen LogP contribution in [0.3, 0.4) is 0 Å². The predicted octanol–water partition coefficient (Wildman–Crippen LogP) is 2.60. The third-order valence-electron chi connectivity index (χ3n) is 2.58. The van der Waals surface area contributed by atoms with Crippen molar-refractivity contribution in [1.82, 2.24) is 4.90 Å². The predicted molar refractivity (Wildman–Crippen MR) is 79.1 cm³/mol. The number of carbonyl (C=O) groups is 2. The van der Waals surface area contributed by atoms with Gasteiger partial charge in [-0.3, -0.25) is 9.59 Å². The SMILES string of the molecule is CCOC(=O)CCN(C)C(=O)c1cc(N)cc(Cl)c1Cl. The van der Waals surface area contributed by atoms with Crippen molar-refractivity contribution < 1.29 is 14.3 Å². The number of hydrogen-bond acceptors (Lipinski definition) is 4. The summed E-state index contributed by atoms with van der Waals surface area (Å²) in [5.74, 6) is -0.711. The molecule has 0 unspecified atom stereocenters. The van der Waals surface area contributed by atoms with E-state index in [1.54, 1.807) is 14.0 Å². The van der Waals surface area contributed by atoms with Gasteiger partial charge in [0.25, 0.3) is 5.91 Å². The summed E-state index contributed by atoms with van der Waals surface area (Å²) in [4.78, 5) is 24.8. The lowest BCUT2D eigenvalue weighted by Gasteiger charge is -2.18. The van der Waals surface area contributed by atoms with Crippen LogP contribution in [-0.2, 0) is 9.53 Å². The highest BCUT2D eigenvalue weighted by Gasteiger charge is 2.18. The smallest absolute Gasteiger partial charge is 0.307 e. The van der Waals surface area contributed by atoms with Gasteiger partial charge in [0.1, 0.15) is 0 Å². The zero-order chi connectivity index (χ0) is 15.3. The summed E-state index contributed by atoms with van der Waals surface area (Å²) in [7, 11) is 1.56. The maximum Gasteiger partial charge on any atom is 0.307 e. The maximum atomic E-state index is 12.2. The molecule has 0 bridgehead atoms. The second kappa shape index (κ2) is 7.36. The van der Waals surface area contributed by atoms with Gasteiger partial charge in [0, 0.05) is 19.3 Å². The number of ether oxygens (including phenoxy) is 1. The molecule has 0 atom stereocenters. The molecule has 0 saturated carbocycles. The van der Waals surface area contributed by atoms with Crippen LogP contribution in [0, 0.1) is 0 Å². The van der Waals surface area contributed by atoms with E-state index in [1.165, 1.54) is 17.0 Å². The topological polar surface area (TPSA) is 72.6 Å². The van der Waals surface area contributed by atoms with Gasteiger partial charge >= 0.3 is 5.97 Å². The van der Waals surface area contributed by atoms with E-state index in [0.717, 1.165) is 0 Å². The Labute approximate surface area is 127 Å². The molecule has 110 valence electrons. The summed E-state index contributed by atoms with van der Waals surface area (Å²) >= 11 is 11.9. The number of amides is 1. The van der Waals surface area contributed by atoms with Crippen molar-refractivity contribution in [3.63, 3.8) is 0 Å². The molecule has 0 heterocycles. The van der Waals surface area contributed by atoms with E-state index in [1.807, 2.05) is 0 Å². The zero-order valence-corrected chi connectivity index (χ0v) is 12.8. The highest BCUT2D eigenvalue weighted by molar-refractivity contribution is 6.44. The second-order valence-electron chi connectivity index (χ2n) is 4.15. The van der Waals surface area contributed by atoms with E-state index in [-0.39, 0.29) is 40.5 Å². The number of benzene rings is 1. The number of rotatable bonds is 5. The molecule has 1 rings (SSSR count). The molecule has 0 spiro atoms. The van der Waals surface area contributed by atoms with E-state index in [4.69, 9.17) is 33.7 Å². The molecular weight excluding hydrogens is 303 g/mol. The average molecular weight is 319 g/mol. The van der Waals surface area contributed by atoms with Crippen LogP contribution >= 0.6 is 23.2 Å². The molecule has 0 fully saturated rings. The van der Waals surface area contributed by atoms with E-state index in [9.17, 15) is 9.59 Å². The minimum Gasteiger partial charge on any atom is -0.466 e. The number of nitrogens with two attached hydrogens (primary N) is 1. The fraction of sp³-hybridized carbons (Fsp3) is 0.385. The lowest BCUT2D eigenvalue weighted by atomic mass is 10.1. The van der Waals surface area contributed by atoms with Crippen molar-refractivity contribution in [3.8, 4) is 0 Å². The van der Waals surface area contributed by atoms with Crippen molar-refractivity contribution in [2.75, 3.05) is 25.9 Å². The van der Waals surface area contributed by atoms with Crippen molar-refractivity contribution in [1.29, 1.82) is 0 Å². The minimum absolute atomic E-state index is 0.115. The third kappa shape index (κ3) is 4.28. The van der Waals surface area contributed by atoms with Crippen molar-refractivity contribution >= 4 is 40.8 Å². The van der Waals surface area contributed by atoms with Crippen LogP contribution < -0.4 is 5.73 Å². The van der Waals surface area contributed by atoms with E-state index >= 15 is 0 Å². The number of carbonyl (C=O) groups excluding carboxylic acids is 2.